The van der Waals surface area contributed by atoms with E-state index in [9.17, 15) is 0 Å². The quantitative estimate of drug-likeness (QED) is 0.684. The fourth-order valence-corrected chi connectivity index (χ4v) is 1.18. The van der Waals surface area contributed by atoms with E-state index in [1.807, 2.05) is 13.0 Å². The molecule has 2 rings (SSSR count). The topological polar surface area (TPSA) is 92.5 Å². The molecule has 4 N–H and O–H groups in total. The van der Waals surface area contributed by atoms with Crippen molar-refractivity contribution in [2.45, 2.75) is 13.5 Å². The van der Waals surface area contributed by atoms with Gasteiger partial charge in [0.25, 0.3) is 0 Å². The lowest BCUT2D eigenvalue weighted by molar-refractivity contribution is 0.911. The maximum Gasteiger partial charge on any atom is 0.153 e. The van der Waals surface area contributed by atoms with Crippen LogP contribution in [-0.4, -0.2) is 20.2 Å². The molecule has 0 aliphatic rings. The smallest absolute Gasteiger partial charge is 0.153 e. The summed E-state index contributed by atoms with van der Waals surface area (Å²) < 4.78 is 0. The Morgan fingerprint density at radius 2 is 2.33 bits per heavy atom. The molecule has 0 spiro atoms. The number of anilines is 2. The molecule has 0 bridgehead atoms. The fourth-order valence-electron chi connectivity index (χ4n) is 1.18. The number of aromatic amines is 1. The van der Waals surface area contributed by atoms with Gasteiger partial charge in [-0.05, 0) is 13.0 Å². The molecule has 0 saturated heterocycles. The molecule has 0 aliphatic carbocycles. The van der Waals surface area contributed by atoms with Crippen LogP contribution >= 0.6 is 0 Å². The Morgan fingerprint density at radius 3 is 3.00 bits per heavy atom. The molecule has 78 valence electrons. The molecule has 6 heteroatoms. The second kappa shape index (κ2) is 4.05. The van der Waals surface area contributed by atoms with Gasteiger partial charge in [0.05, 0.1) is 6.54 Å². The summed E-state index contributed by atoms with van der Waals surface area (Å²) >= 11 is 0. The summed E-state index contributed by atoms with van der Waals surface area (Å²) in [4.78, 5) is 8.20. The van der Waals surface area contributed by atoms with Crippen molar-refractivity contribution in [1.82, 2.24) is 20.2 Å². The minimum absolute atomic E-state index is 0.328. The van der Waals surface area contributed by atoms with E-state index in [0.717, 1.165) is 11.5 Å². The van der Waals surface area contributed by atoms with Crippen molar-refractivity contribution < 1.29 is 0 Å². The second-order valence-corrected chi connectivity index (χ2v) is 3.12. The minimum atomic E-state index is 0.328. The first-order valence-electron chi connectivity index (χ1n) is 4.59. The van der Waals surface area contributed by atoms with Gasteiger partial charge < -0.3 is 11.1 Å². The van der Waals surface area contributed by atoms with Crippen LogP contribution in [0.2, 0.25) is 0 Å². The van der Waals surface area contributed by atoms with Crippen LogP contribution in [0.15, 0.2) is 18.3 Å². The maximum atomic E-state index is 5.44. The van der Waals surface area contributed by atoms with Gasteiger partial charge in [0.2, 0.25) is 0 Å². The van der Waals surface area contributed by atoms with Crippen molar-refractivity contribution in [1.29, 1.82) is 0 Å². The minimum Gasteiger partial charge on any atom is -0.324 e. The van der Waals surface area contributed by atoms with E-state index in [1.165, 1.54) is 0 Å². The summed E-state index contributed by atoms with van der Waals surface area (Å²) in [6, 6.07) is 3.66. The molecule has 15 heavy (non-hydrogen) atoms. The molecule has 6 nitrogen and oxygen atoms in total. The number of hydrogen-bond acceptors (Lipinski definition) is 5. The number of rotatable bonds is 3. The third kappa shape index (κ3) is 2.29. The molecule has 0 fully saturated rings. The number of nitrogens with two attached hydrogens (primary N) is 1. The number of hydrogen-bond donors (Lipinski definition) is 3. The van der Waals surface area contributed by atoms with E-state index in [2.05, 4.69) is 25.5 Å². The summed E-state index contributed by atoms with van der Waals surface area (Å²) in [5, 5.41) is 9.93. The van der Waals surface area contributed by atoms with E-state index >= 15 is 0 Å². The van der Waals surface area contributed by atoms with Crippen molar-refractivity contribution in [3.05, 3.63) is 29.8 Å². The van der Waals surface area contributed by atoms with E-state index in [4.69, 9.17) is 5.73 Å². The molecule has 0 unspecified atom stereocenters. The molecule has 0 atom stereocenters. The van der Waals surface area contributed by atoms with Crippen molar-refractivity contribution >= 4 is 11.6 Å². The first kappa shape index (κ1) is 9.60. The molecule has 0 aliphatic heterocycles. The van der Waals surface area contributed by atoms with Crippen molar-refractivity contribution in [3.63, 3.8) is 0 Å². The largest absolute Gasteiger partial charge is 0.324 e. The predicted octanol–water partition coefficient (Wildman–Crippen LogP) is 0.710. The predicted molar refractivity (Wildman–Crippen MR) is 56.5 cm³/mol. The highest BCUT2D eigenvalue weighted by molar-refractivity contribution is 5.50. The maximum absolute atomic E-state index is 5.44. The van der Waals surface area contributed by atoms with Gasteiger partial charge >= 0.3 is 0 Å². The van der Waals surface area contributed by atoms with Gasteiger partial charge in [0, 0.05) is 18.0 Å². The lowest BCUT2D eigenvalue weighted by atomic mass is 10.4. The standard InChI is InChI=1S/C9H12N6/c1-6-4-8(15-14-6)12-7-2-3-11-9(5-10)13-7/h2-4H,5,10H2,1H3,(H2,11,12,13,14,15). The average Bonchev–Trinajstić information content (AvgIpc) is 2.64. The Balaban J connectivity index is 2.16. The molecular weight excluding hydrogens is 192 g/mol. The summed E-state index contributed by atoms with van der Waals surface area (Å²) in [5.74, 6) is 2.03. The SMILES string of the molecule is Cc1cc(Nc2ccnc(CN)n2)n[nH]1. The first-order chi connectivity index (χ1) is 7.28. The van der Waals surface area contributed by atoms with Gasteiger partial charge in [-0.1, -0.05) is 0 Å². The Hall–Kier alpha value is -1.95. The van der Waals surface area contributed by atoms with Crippen LogP contribution in [-0.2, 0) is 6.54 Å². The van der Waals surface area contributed by atoms with Gasteiger partial charge in [0.15, 0.2) is 5.82 Å². The summed E-state index contributed by atoms with van der Waals surface area (Å²) in [6.45, 7) is 2.26. The van der Waals surface area contributed by atoms with Crippen LogP contribution in [0.3, 0.4) is 0 Å². The third-order valence-electron chi connectivity index (χ3n) is 1.85. The van der Waals surface area contributed by atoms with Crippen LogP contribution in [0, 0.1) is 6.92 Å². The van der Waals surface area contributed by atoms with Gasteiger partial charge in [-0.25, -0.2) is 9.97 Å². The number of aryl methyl sites for hydroxylation is 1. The van der Waals surface area contributed by atoms with Crippen LogP contribution in [0.25, 0.3) is 0 Å². The average molecular weight is 204 g/mol. The first-order valence-corrected chi connectivity index (χ1v) is 4.59. The zero-order chi connectivity index (χ0) is 10.7. The fraction of sp³-hybridized carbons (Fsp3) is 0.222. The highest BCUT2D eigenvalue weighted by atomic mass is 15.2. The van der Waals surface area contributed by atoms with Crippen LogP contribution < -0.4 is 11.1 Å². The van der Waals surface area contributed by atoms with Gasteiger partial charge in [-0.15, -0.1) is 0 Å². The molecule has 0 aromatic carbocycles. The third-order valence-corrected chi connectivity index (χ3v) is 1.85. The zero-order valence-electron chi connectivity index (χ0n) is 8.36. The summed E-state index contributed by atoms with van der Waals surface area (Å²) in [6.07, 6.45) is 1.66. The molecule has 0 radical (unpaired) electrons. The molecule has 2 heterocycles. The Labute approximate surface area is 86.9 Å². The second-order valence-electron chi connectivity index (χ2n) is 3.12. The molecule has 0 amide bonds. The normalized spacial score (nSPS) is 10.3. The van der Waals surface area contributed by atoms with Crippen molar-refractivity contribution in [2.24, 2.45) is 5.73 Å². The highest BCUT2D eigenvalue weighted by Crippen LogP contribution is 2.11. The van der Waals surface area contributed by atoms with Crippen LogP contribution in [0.4, 0.5) is 11.6 Å². The van der Waals surface area contributed by atoms with Crippen LogP contribution in [0.1, 0.15) is 11.5 Å². The van der Waals surface area contributed by atoms with E-state index in [0.29, 0.717) is 18.2 Å². The summed E-state index contributed by atoms with van der Waals surface area (Å²) in [5.41, 5.74) is 6.43. The zero-order valence-corrected chi connectivity index (χ0v) is 8.36. The number of H-pyrrole nitrogens is 1. The molecule has 2 aromatic rings. The Kier molecular flexibility index (Phi) is 2.59. The van der Waals surface area contributed by atoms with Crippen LogP contribution in [0.5, 0.6) is 0 Å². The van der Waals surface area contributed by atoms with E-state index < -0.39 is 0 Å². The molecule has 2 aromatic heterocycles. The van der Waals surface area contributed by atoms with Gasteiger partial charge in [0.1, 0.15) is 11.6 Å². The molecule has 0 saturated carbocycles. The van der Waals surface area contributed by atoms with Crippen molar-refractivity contribution in [3.8, 4) is 0 Å². The lowest BCUT2D eigenvalue weighted by Crippen LogP contribution is -2.04. The lowest BCUT2D eigenvalue weighted by Gasteiger charge is -2.02. The van der Waals surface area contributed by atoms with E-state index in [1.54, 1.807) is 12.3 Å². The number of nitrogens with one attached hydrogen (secondary N) is 2. The molecular formula is C9H12N6. The number of aromatic nitrogens is 4. The van der Waals surface area contributed by atoms with Gasteiger partial charge in [-0.2, -0.15) is 5.10 Å². The van der Waals surface area contributed by atoms with E-state index in [-0.39, 0.29) is 0 Å². The van der Waals surface area contributed by atoms with Crippen molar-refractivity contribution in [2.75, 3.05) is 5.32 Å². The summed E-state index contributed by atoms with van der Waals surface area (Å²) in [7, 11) is 0. The Morgan fingerprint density at radius 1 is 1.47 bits per heavy atom. The number of nitrogens with zero attached hydrogens (tertiary/aromatic N) is 3. The Bertz CT molecular complexity index is 449. The monoisotopic (exact) mass is 204 g/mol. The van der Waals surface area contributed by atoms with Gasteiger partial charge in [-0.3, -0.25) is 5.10 Å². The highest BCUT2D eigenvalue weighted by Gasteiger charge is 2.00.